The molecule has 0 aromatic carbocycles. The molecule has 3 atom stereocenters. The van der Waals surface area contributed by atoms with Gasteiger partial charge >= 0.3 is 19.8 Å². The number of phosphoric acid groups is 1. The SMILES string of the molecule is CCCCCCC/C=C\CCCCCCCCC(=O)O[C@H](COC(=O)CCCCCCCCCCCCCCC)COP(=O)(O)OC[C@H](O)CO. The Balaban J connectivity index is 4.32. The predicted molar refractivity (Wildman–Crippen MR) is 205 cm³/mol. The van der Waals surface area contributed by atoms with Gasteiger partial charge < -0.3 is 24.6 Å². The summed E-state index contributed by atoms with van der Waals surface area (Å²) in [5, 5.41) is 18.3. The molecule has 0 aliphatic carbocycles. The zero-order valence-corrected chi connectivity index (χ0v) is 33.5. The molecule has 3 N–H and O–H groups in total. The van der Waals surface area contributed by atoms with Gasteiger partial charge in [0.1, 0.15) is 12.7 Å². The standard InChI is InChI=1S/C40H77O10P/c1-3-5-7-9-11-13-15-17-18-20-22-24-26-28-30-32-40(44)50-38(36-49-51(45,46)48-34-37(42)33-41)35-47-39(43)31-29-27-25-23-21-19-16-14-12-10-8-6-4-2/h15,17,37-38,41-42H,3-14,16,18-36H2,1-2H3,(H,45,46)/b17-15-/t37-,38-/m1/s1. The van der Waals surface area contributed by atoms with Crippen LogP contribution in [0.2, 0.25) is 0 Å². The number of hydrogen-bond donors (Lipinski definition) is 3. The van der Waals surface area contributed by atoms with E-state index in [1.807, 2.05) is 0 Å². The van der Waals surface area contributed by atoms with E-state index >= 15 is 0 Å². The van der Waals surface area contributed by atoms with Crippen LogP contribution in [0.15, 0.2) is 12.2 Å². The summed E-state index contributed by atoms with van der Waals surface area (Å²) in [6.07, 6.45) is 33.2. The lowest BCUT2D eigenvalue weighted by atomic mass is 10.0. The van der Waals surface area contributed by atoms with Gasteiger partial charge in [0.15, 0.2) is 6.10 Å². The number of esters is 2. The van der Waals surface area contributed by atoms with Crippen molar-refractivity contribution < 1.29 is 47.8 Å². The lowest BCUT2D eigenvalue weighted by Crippen LogP contribution is -2.29. The number of hydrogen-bond acceptors (Lipinski definition) is 9. The lowest BCUT2D eigenvalue weighted by Gasteiger charge is -2.20. The maximum Gasteiger partial charge on any atom is 0.472 e. The summed E-state index contributed by atoms with van der Waals surface area (Å²) in [6, 6.07) is 0. The van der Waals surface area contributed by atoms with E-state index in [2.05, 4.69) is 30.5 Å². The van der Waals surface area contributed by atoms with Crippen LogP contribution in [-0.2, 0) is 32.7 Å². The van der Waals surface area contributed by atoms with Crippen LogP contribution in [-0.4, -0.2) is 65.7 Å². The summed E-state index contributed by atoms with van der Waals surface area (Å²) < 4.78 is 32.6. The van der Waals surface area contributed by atoms with E-state index in [4.69, 9.17) is 19.1 Å². The van der Waals surface area contributed by atoms with Crippen molar-refractivity contribution in [2.75, 3.05) is 26.4 Å². The Hall–Kier alpha value is -1.29. The Morgan fingerprint density at radius 1 is 0.569 bits per heavy atom. The molecule has 1 unspecified atom stereocenters. The minimum atomic E-state index is -4.61. The quantitative estimate of drug-likeness (QED) is 0.0240. The molecule has 10 nitrogen and oxygen atoms in total. The number of unbranched alkanes of at least 4 members (excludes halogenated alkanes) is 23. The Morgan fingerprint density at radius 2 is 0.961 bits per heavy atom. The molecule has 0 fully saturated rings. The number of aliphatic hydroxyl groups is 2. The number of carbonyl (C=O) groups is 2. The van der Waals surface area contributed by atoms with Gasteiger partial charge in [-0.25, -0.2) is 4.57 Å². The second-order valence-electron chi connectivity index (χ2n) is 14.0. The highest BCUT2D eigenvalue weighted by atomic mass is 31.2. The summed E-state index contributed by atoms with van der Waals surface area (Å²) in [4.78, 5) is 34.9. The summed E-state index contributed by atoms with van der Waals surface area (Å²) in [7, 11) is -4.61. The van der Waals surface area contributed by atoms with Gasteiger partial charge in [-0.1, -0.05) is 154 Å². The number of allylic oxidation sites excluding steroid dienone is 2. The van der Waals surface area contributed by atoms with Crippen molar-refractivity contribution in [2.45, 2.75) is 206 Å². The van der Waals surface area contributed by atoms with Crippen LogP contribution in [0.25, 0.3) is 0 Å². The van der Waals surface area contributed by atoms with E-state index in [0.717, 1.165) is 51.4 Å². The van der Waals surface area contributed by atoms with Crippen molar-refractivity contribution in [3.8, 4) is 0 Å². The summed E-state index contributed by atoms with van der Waals surface area (Å²) >= 11 is 0. The highest BCUT2D eigenvalue weighted by molar-refractivity contribution is 7.47. The zero-order chi connectivity index (χ0) is 37.7. The molecule has 0 radical (unpaired) electrons. The van der Waals surface area contributed by atoms with E-state index in [9.17, 15) is 24.2 Å². The third kappa shape index (κ3) is 36.8. The molecule has 0 aliphatic heterocycles. The van der Waals surface area contributed by atoms with Crippen LogP contribution in [0.1, 0.15) is 194 Å². The number of carbonyl (C=O) groups excluding carboxylic acids is 2. The first-order valence-corrected chi connectivity index (χ1v) is 22.1. The van der Waals surface area contributed by atoms with Gasteiger partial charge in [0.2, 0.25) is 0 Å². The fraction of sp³-hybridized carbons (Fsp3) is 0.900. The third-order valence-electron chi connectivity index (χ3n) is 8.92. The molecule has 0 rings (SSSR count). The average molecular weight is 749 g/mol. The third-order valence-corrected chi connectivity index (χ3v) is 9.87. The molecule has 0 aromatic heterocycles. The van der Waals surface area contributed by atoms with Crippen molar-refractivity contribution in [2.24, 2.45) is 0 Å². The first-order valence-electron chi connectivity index (χ1n) is 20.6. The monoisotopic (exact) mass is 749 g/mol. The van der Waals surface area contributed by atoms with E-state index in [1.54, 1.807) is 0 Å². The Kier molecular flexibility index (Phi) is 36.1. The number of rotatable bonds is 39. The van der Waals surface area contributed by atoms with Crippen LogP contribution < -0.4 is 0 Å². The molecule has 0 heterocycles. The van der Waals surface area contributed by atoms with Crippen molar-refractivity contribution in [1.82, 2.24) is 0 Å². The normalized spacial score (nSPS) is 14.1. The number of phosphoric ester groups is 1. The number of ether oxygens (including phenoxy) is 2. The minimum absolute atomic E-state index is 0.181. The van der Waals surface area contributed by atoms with Crippen LogP contribution in [0.3, 0.4) is 0 Å². The van der Waals surface area contributed by atoms with Crippen molar-refractivity contribution in [1.29, 1.82) is 0 Å². The van der Waals surface area contributed by atoms with Gasteiger partial charge in [0.25, 0.3) is 0 Å². The maximum atomic E-state index is 12.6. The first kappa shape index (κ1) is 49.7. The highest BCUT2D eigenvalue weighted by Crippen LogP contribution is 2.43. The van der Waals surface area contributed by atoms with Crippen LogP contribution in [0, 0.1) is 0 Å². The van der Waals surface area contributed by atoms with Gasteiger partial charge in [-0.15, -0.1) is 0 Å². The molecular weight excluding hydrogens is 671 g/mol. The Morgan fingerprint density at radius 3 is 1.41 bits per heavy atom. The van der Waals surface area contributed by atoms with E-state index in [-0.39, 0.29) is 19.4 Å². The molecule has 0 saturated carbocycles. The fourth-order valence-electron chi connectivity index (χ4n) is 5.69. The first-order chi connectivity index (χ1) is 24.7. The molecular formula is C40H77O10P. The predicted octanol–water partition coefficient (Wildman–Crippen LogP) is 10.4. The van der Waals surface area contributed by atoms with Crippen molar-refractivity contribution in [3.05, 3.63) is 12.2 Å². The van der Waals surface area contributed by atoms with Gasteiger partial charge in [-0.3, -0.25) is 18.6 Å². The number of aliphatic hydroxyl groups excluding tert-OH is 2. The van der Waals surface area contributed by atoms with E-state index in [1.165, 1.54) is 103 Å². The van der Waals surface area contributed by atoms with Gasteiger partial charge in [0.05, 0.1) is 19.8 Å². The smallest absolute Gasteiger partial charge is 0.462 e. The van der Waals surface area contributed by atoms with E-state index in [0.29, 0.717) is 12.8 Å². The molecule has 0 amide bonds. The van der Waals surface area contributed by atoms with E-state index < -0.39 is 51.8 Å². The van der Waals surface area contributed by atoms with Gasteiger partial charge in [-0.05, 0) is 38.5 Å². The molecule has 11 heteroatoms. The molecule has 0 aliphatic rings. The summed E-state index contributed by atoms with van der Waals surface area (Å²) in [5.74, 6) is -0.924. The molecule has 302 valence electrons. The van der Waals surface area contributed by atoms with Crippen LogP contribution in [0.5, 0.6) is 0 Å². The molecule has 0 bridgehead atoms. The maximum absolute atomic E-state index is 12.6. The average Bonchev–Trinajstić information content (AvgIpc) is 3.12. The lowest BCUT2D eigenvalue weighted by molar-refractivity contribution is -0.161. The molecule has 0 aromatic rings. The molecule has 0 saturated heterocycles. The van der Waals surface area contributed by atoms with Crippen molar-refractivity contribution in [3.63, 3.8) is 0 Å². The zero-order valence-electron chi connectivity index (χ0n) is 32.6. The molecule has 0 spiro atoms. The topological polar surface area (TPSA) is 149 Å². The fourth-order valence-corrected chi connectivity index (χ4v) is 6.48. The minimum Gasteiger partial charge on any atom is -0.462 e. The highest BCUT2D eigenvalue weighted by Gasteiger charge is 2.27. The largest absolute Gasteiger partial charge is 0.472 e. The Bertz CT molecular complexity index is 868. The van der Waals surface area contributed by atoms with Crippen LogP contribution >= 0.6 is 7.82 Å². The van der Waals surface area contributed by atoms with Gasteiger partial charge in [0, 0.05) is 12.8 Å². The second-order valence-corrected chi connectivity index (χ2v) is 15.5. The second kappa shape index (κ2) is 37.0. The summed E-state index contributed by atoms with van der Waals surface area (Å²) in [6.45, 7) is 2.37. The van der Waals surface area contributed by atoms with Gasteiger partial charge in [-0.2, -0.15) is 0 Å². The summed E-state index contributed by atoms with van der Waals surface area (Å²) in [5.41, 5.74) is 0. The molecule has 51 heavy (non-hydrogen) atoms. The van der Waals surface area contributed by atoms with Crippen molar-refractivity contribution >= 4 is 19.8 Å². The Labute approximate surface area is 311 Å². The van der Waals surface area contributed by atoms with Crippen LogP contribution in [0.4, 0.5) is 0 Å².